The number of nitrogens with two attached hydrogens (primary N) is 1. The normalized spacial score (nSPS) is 14.7. The molecule has 0 spiro atoms. The average Bonchev–Trinajstić information content (AvgIpc) is 3.38. The number of aromatic nitrogens is 4. The first-order chi connectivity index (χ1) is 14.9. The van der Waals surface area contributed by atoms with E-state index in [1.165, 1.54) is 18.0 Å². The van der Waals surface area contributed by atoms with Gasteiger partial charge in [-0.1, -0.05) is 23.9 Å². The van der Waals surface area contributed by atoms with Crippen LogP contribution >= 0.6 is 11.8 Å². The molecule has 0 aliphatic carbocycles. The Labute approximate surface area is 184 Å². The van der Waals surface area contributed by atoms with Gasteiger partial charge in [0.15, 0.2) is 10.9 Å². The molecule has 10 heteroatoms. The topological polar surface area (TPSA) is 120 Å². The summed E-state index contributed by atoms with van der Waals surface area (Å²) in [6.07, 6.45) is 2.54. The molecular formula is C21H24N6O3S. The molecule has 1 fully saturated rings. The van der Waals surface area contributed by atoms with E-state index in [-0.39, 0.29) is 23.4 Å². The summed E-state index contributed by atoms with van der Waals surface area (Å²) in [5, 5.41) is 9.19. The lowest BCUT2D eigenvalue weighted by Gasteiger charge is -2.29. The Bertz CT molecular complexity index is 1100. The fourth-order valence-corrected chi connectivity index (χ4v) is 4.48. The third-order valence-electron chi connectivity index (χ3n) is 5.34. The number of hydrogen-bond acceptors (Lipinski definition) is 7. The second kappa shape index (κ2) is 8.93. The number of carbonyl (C=O) groups excluding carboxylic acids is 2. The molecule has 4 rings (SSSR count). The SMILES string of the molecule is Cc1cccc(-n2c(C)nnc2SCc2nc(C(=O)N3CCC(C(N)=O)CC3)co2)c1. The van der Waals surface area contributed by atoms with E-state index in [0.29, 0.717) is 37.6 Å². The van der Waals surface area contributed by atoms with Crippen LogP contribution in [0.25, 0.3) is 5.69 Å². The highest BCUT2D eigenvalue weighted by molar-refractivity contribution is 7.98. The number of rotatable bonds is 6. The Balaban J connectivity index is 1.41. The number of amides is 2. The maximum Gasteiger partial charge on any atom is 0.275 e. The van der Waals surface area contributed by atoms with E-state index in [2.05, 4.69) is 21.2 Å². The number of thioether (sulfide) groups is 1. The monoisotopic (exact) mass is 440 g/mol. The van der Waals surface area contributed by atoms with E-state index < -0.39 is 0 Å². The van der Waals surface area contributed by atoms with Crippen LogP contribution < -0.4 is 5.73 Å². The summed E-state index contributed by atoms with van der Waals surface area (Å²) in [6, 6.07) is 8.12. The minimum Gasteiger partial charge on any atom is -0.447 e. The number of piperidine rings is 1. The van der Waals surface area contributed by atoms with E-state index in [4.69, 9.17) is 10.2 Å². The molecule has 0 unspecified atom stereocenters. The molecular weight excluding hydrogens is 416 g/mol. The third-order valence-corrected chi connectivity index (χ3v) is 6.25. The van der Waals surface area contributed by atoms with Gasteiger partial charge in [-0.2, -0.15) is 0 Å². The van der Waals surface area contributed by atoms with Gasteiger partial charge < -0.3 is 15.1 Å². The molecule has 1 aliphatic heterocycles. The zero-order valence-electron chi connectivity index (χ0n) is 17.4. The summed E-state index contributed by atoms with van der Waals surface area (Å²) in [5.41, 5.74) is 7.77. The molecule has 0 atom stereocenters. The number of aryl methyl sites for hydroxylation is 2. The highest BCUT2D eigenvalue weighted by Gasteiger charge is 2.28. The first-order valence-electron chi connectivity index (χ1n) is 10.1. The van der Waals surface area contributed by atoms with E-state index in [0.717, 1.165) is 22.2 Å². The average molecular weight is 441 g/mol. The molecule has 1 aliphatic rings. The highest BCUT2D eigenvalue weighted by Crippen LogP contribution is 2.26. The second-order valence-corrected chi connectivity index (χ2v) is 8.53. The van der Waals surface area contributed by atoms with Gasteiger partial charge in [0.25, 0.3) is 5.91 Å². The van der Waals surface area contributed by atoms with Crippen LogP contribution in [-0.2, 0) is 10.5 Å². The van der Waals surface area contributed by atoms with Crippen molar-refractivity contribution in [3.8, 4) is 5.69 Å². The molecule has 9 nitrogen and oxygen atoms in total. The van der Waals surface area contributed by atoms with Crippen molar-refractivity contribution in [2.24, 2.45) is 11.7 Å². The van der Waals surface area contributed by atoms with Crippen LogP contribution in [0.3, 0.4) is 0 Å². The van der Waals surface area contributed by atoms with Gasteiger partial charge in [-0.15, -0.1) is 10.2 Å². The Morgan fingerprint density at radius 2 is 2.00 bits per heavy atom. The number of carbonyl (C=O) groups is 2. The van der Waals surface area contributed by atoms with E-state index in [1.807, 2.05) is 36.6 Å². The minimum atomic E-state index is -0.304. The molecule has 2 aromatic heterocycles. The Kier molecular flexibility index (Phi) is 6.08. The maximum atomic E-state index is 12.7. The Morgan fingerprint density at radius 3 is 2.71 bits per heavy atom. The molecule has 31 heavy (non-hydrogen) atoms. The third kappa shape index (κ3) is 4.63. The maximum absolute atomic E-state index is 12.7. The van der Waals surface area contributed by atoms with Crippen molar-refractivity contribution in [1.82, 2.24) is 24.6 Å². The molecule has 1 saturated heterocycles. The molecule has 0 radical (unpaired) electrons. The smallest absolute Gasteiger partial charge is 0.275 e. The molecule has 2 N–H and O–H groups in total. The zero-order chi connectivity index (χ0) is 22.0. The molecule has 162 valence electrons. The molecule has 3 heterocycles. The van der Waals surface area contributed by atoms with E-state index >= 15 is 0 Å². The Hall–Kier alpha value is -3.14. The van der Waals surface area contributed by atoms with Crippen molar-refractivity contribution in [2.45, 2.75) is 37.6 Å². The summed E-state index contributed by atoms with van der Waals surface area (Å²) in [5.74, 6) is 0.986. The van der Waals surface area contributed by atoms with Crippen LogP contribution in [0.2, 0.25) is 0 Å². The second-order valence-electron chi connectivity index (χ2n) is 7.59. The fourth-order valence-electron chi connectivity index (χ4n) is 3.63. The first-order valence-corrected chi connectivity index (χ1v) is 11.1. The van der Waals surface area contributed by atoms with Crippen molar-refractivity contribution >= 4 is 23.6 Å². The number of oxazole rings is 1. The Morgan fingerprint density at radius 1 is 1.23 bits per heavy atom. The van der Waals surface area contributed by atoms with Gasteiger partial charge in [0.2, 0.25) is 11.8 Å². The summed E-state index contributed by atoms with van der Waals surface area (Å²) in [4.78, 5) is 30.0. The quantitative estimate of drug-likeness (QED) is 0.585. The standard InChI is InChI=1S/C21H24N6O3S/c1-13-4-3-5-16(10-13)27-14(2)24-25-21(27)31-12-18-23-17(11-30-18)20(29)26-8-6-15(7-9-26)19(22)28/h3-5,10-11,15H,6-9,12H2,1-2H3,(H2,22,28). The van der Waals surface area contributed by atoms with Crippen molar-refractivity contribution in [3.63, 3.8) is 0 Å². The van der Waals surface area contributed by atoms with Crippen LogP contribution in [-0.4, -0.2) is 49.6 Å². The molecule has 1 aromatic carbocycles. The summed E-state index contributed by atoms with van der Waals surface area (Å²) in [6.45, 7) is 4.92. The largest absolute Gasteiger partial charge is 0.447 e. The van der Waals surface area contributed by atoms with Crippen LogP contribution in [0.5, 0.6) is 0 Å². The minimum absolute atomic E-state index is 0.164. The predicted molar refractivity (Wildman–Crippen MR) is 115 cm³/mol. The van der Waals surface area contributed by atoms with Crippen molar-refractivity contribution in [3.05, 3.63) is 53.5 Å². The summed E-state index contributed by atoms with van der Waals surface area (Å²) >= 11 is 1.44. The van der Waals surface area contributed by atoms with Crippen molar-refractivity contribution < 1.29 is 14.0 Å². The lowest BCUT2D eigenvalue weighted by molar-refractivity contribution is -0.123. The number of nitrogens with zero attached hydrogens (tertiary/aromatic N) is 5. The van der Waals surface area contributed by atoms with E-state index in [9.17, 15) is 9.59 Å². The zero-order valence-corrected chi connectivity index (χ0v) is 18.3. The van der Waals surface area contributed by atoms with Gasteiger partial charge >= 0.3 is 0 Å². The van der Waals surface area contributed by atoms with Gasteiger partial charge in [0, 0.05) is 24.7 Å². The van der Waals surface area contributed by atoms with Gasteiger partial charge in [-0.25, -0.2) is 4.98 Å². The van der Waals surface area contributed by atoms with Crippen molar-refractivity contribution in [2.75, 3.05) is 13.1 Å². The molecule has 0 bridgehead atoms. The number of benzene rings is 1. The molecule has 3 aromatic rings. The van der Waals surface area contributed by atoms with Crippen LogP contribution in [0.4, 0.5) is 0 Å². The van der Waals surface area contributed by atoms with Gasteiger partial charge in [0.05, 0.1) is 5.75 Å². The first kappa shape index (κ1) is 21.1. The van der Waals surface area contributed by atoms with Crippen LogP contribution in [0.1, 0.15) is 40.6 Å². The lowest BCUT2D eigenvalue weighted by Crippen LogP contribution is -2.41. The number of primary amides is 1. The van der Waals surface area contributed by atoms with Gasteiger partial charge in [-0.3, -0.25) is 14.2 Å². The number of hydrogen-bond donors (Lipinski definition) is 1. The lowest BCUT2D eigenvalue weighted by atomic mass is 9.96. The van der Waals surface area contributed by atoms with Crippen molar-refractivity contribution in [1.29, 1.82) is 0 Å². The van der Waals surface area contributed by atoms with Gasteiger partial charge in [0.1, 0.15) is 12.1 Å². The molecule has 0 saturated carbocycles. The number of likely N-dealkylation sites (tertiary alicyclic amines) is 1. The highest BCUT2D eigenvalue weighted by atomic mass is 32.2. The summed E-state index contributed by atoms with van der Waals surface area (Å²) in [7, 11) is 0. The summed E-state index contributed by atoms with van der Waals surface area (Å²) < 4.78 is 7.50. The fraction of sp³-hybridized carbons (Fsp3) is 0.381. The van der Waals surface area contributed by atoms with Gasteiger partial charge in [-0.05, 0) is 44.4 Å². The van der Waals surface area contributed by atoms with E-state index in [1.54, 1.807) is 4.90 Å². The van der Waals surface area contributed by atoms with Crippen LogP contribution in [0, 0.1) is 19.8 Å². The predicted octanol–water partition coefficient (Wildman–Crippen LogP) is 2.50. The molecule has 2 amide bonds. The van der Waals surface area contributed by atoms with Crippen LogP contribution in [0.15, 0.2) is 40.1 Å².